The predicted molar refractivity (Wildman–Crippen MR) is 55.4 cm³/mol. The third kappa shape index (κ3) is 6.30. The fourth-order valence-electron chi connectivity index (χ4n) is 1.60. The summed E-state index contributed by atoms with van der Waals surface area (Å²) in [7, 11) is 1.71. The van der Waals surface area contributed by atoms with Crippen LogP contribution < -0.4 is 5.32 Å². The number of rotatable bonds is 5. The first-order valence-electron chi connectivity index (χ1n) is 5.55. The Bertz CT molecular complexity index is 193. The molecule has 1 saturated heterocycles. The summed E-state index contributed by atoms with van der Waals surface area (Å²) in [6.45, 7) is 3.05. The highest BCUT2D eigenvalue weighted by molar-refractivity contribution is 4.69. The maximum atomic E-state index is 11.9. The fraction of sp³-hybridized carbons (Fsp3) is 1.00. The van der Waals surface area contributed by atoms with Crippen molar-refractivity contribution in [2.24, 2.45) is 0 Å². The molecule has 1 N–H and O–H groups in total. The highest BCUT2D eigenvalue weighted by Crippen LogP contribution is 2.19. The van der Waals surface area contributed by atoms with Crippen molar-refractivity contribution in [3.63, 3.8) is 0 Å². The Hall–Kier alpha value is -0.330. The number of hydrogen-bond acceptors (Lipinski definition) is 3. The fourth-order valence-corrected chi connectivity index (χ4v) is 1.60. The molecule has 1 aliphatic heterocycles. The van der Waals surface area contributed by atoms with E-state index in [0.29, 0.717) is 13.2 Å². The lowest BCUT2D eigenvalue weighted by Gasteiger charge is -2.26. The molecular weight excluding hydrogens is 221 g/mol. The molecule has 1 unspecified atom stereocenters. The zero-order valence-electron chi connectivity index (χ0n) is 9.52. The van der Waals surface area contributed by atoms with E-state index in [2.05, 4.69) is 5.32 Å². The molecule has 16 heavy (non-hydrogen) atoms. The molecule has 0 aromatic heterocycles. The van der Waals surface area contributed by atoms with Crippen molar-refractivity contribution in [1.29, 1.82) is 0 Å². The zero-order chi connectivity index (χ0) is 12.0. The second kappa shape index (κ2) is 6.42. The lowest BCUT2D eigenvalue weighted by molar-refractivity contribution is -0.137. The summed E-state index contributed by atoms with van der Waals surface area (Å²) in [5, 5.41) is 3.19. The van der Waals surface area contributed by atoms with E-state index in [-0.39, 0.29) is 12.6 Å². The van der Waals surface area contributed by atoms with Crippen LogP contribution in [0.25, 0.3) is 0 Å². The van der Waals surface area contributed by atoms with Gasteiger partial charge in [0, 0.05) is 26.2 Å². The second-order valence-electron chi connectivity index (χ2n) is 4.15. The summed E-state index contributed by atoms with van der Waals surface area (Å²) in [5.41, 5.74) is 0. The van der Waals surface area contributed by atoms with Gasteiger partial charge < -0.3 is 15.0 Å². The number of alkyl halides is 3. The van der Waals surface area contributed by atoms with Crippen LogP contribution in [0.15, 0.2) is 0 Å². The first-order valence-corrected chi connectivity index (χ1v) is 5.55. The topological polar surface area (TPSA) is 24.5 Å². The number of halogens is 3. The van der Waals surface area contributed by atoms with E-state index >= 15 is 0 Å². The van der Waals surface area contributed by atoms with E-state index in [4.69, 9.17) is 4.74 Å². The predicted octanol–water partition coefficient (Wildman–Crippen LogP) is 1.25. The number of nitrogens with one attached hydrogen (secondary N) is 1. The summed E-state index contributed by atoms with van der Waals surface area (Å²) < 4.78 is 41.3. The highest BCUT2D eigenvalue weighted by atomic mass is 19.4. The smallest absolute Gasteiger partial charge is 0.376 e. The molecule has 0 amide bonds. The van der Waals surface area contributed by atoms with E-state index in [9.17, 15) is 13.2 Å². The lowest BCUT2D eigenvalue weighted by Crippen LogP contribution is -2.40. The normalized spacial score (nSPS) is 22.7. The maximum absolute atomic E-state index is 11.9. The summed E-state index contributed by atoms with van der Waals surface area (Å²) in [4.78, 5) is 1.70. The van der Waals surface area contributed by atoms with Crippen LogP contribution in [-0.2, 0) is 4.74 Å². The van der Waals surface area contributed by atoms with Crippen molar-refractivity contribution in [3.05, 3.63) is 0 Å². The van der Waals surface area contributed by atoms with Gasteiger partial charge in [0.05, 0.1) is 19.1 Å². The molecule has 1 fully saturated rings. The molecule has 0 aromatic rings. The third-order valence-corrected chi connectivity index (χ3v) is 2.61. The summed E-state index contributed by atoms with van der Waals surface area (Å²) >= 11 is 0. The molecule has 0 bridgehead atoms. The Labute approximate surface area is 93.9 Å². The van der Waals surface area contributed by atoms with Crippen LogP contribution in [0.1, 0.15) is 12.8 Å². The van der Waals surface area contributed by atoms with Gasteiger partial charge in [-0.3, -0.25) is 0 Å². The quantitative estimate of drug-likeness (QED) is 0.782. The zero-order valence-corrected chi connectivity index (χ0v) is 9.52. The minimum Gasteiger partial charge on any atom is -0.376 e. The van der Waals surface area contributed by atoms with Crippen LogP contribution in [0.5, 0.6) is 0 Å². The Kier molecular flexibility index (Phi) is 5.51. The van der Waals surface area contributed by atoms with E-state index < -0.39 is 12.6 Å². The van der Waals surface area contributed by atoms with Crippen molar-refractivity contribution >= 4 is 0 Å². The van der Waals surface area contributed by atoms with Gasteiger partial charge >= 0.3 is 6.18 Å². The van der Waals surface area contributed by atoms with Crippen LogP contribution in [0.2, 0.25) is 0 Å². The van der Waals surface area contributed by atoms with Gasteiger partial charge in [-0.25, -0.2) is 0 Å². The average Bonchev–Trinajstić information content (AvgIpc) is 2.24. The van der Waals surface area contributed by atoms with Crippen LogP contribution in [0.4, 0.5) is 13.2 Å². The van der Waals surface area contributed by atoms with Crippen molar-refractivity contribution in [1.82, 2.24) is 10.2 Å². The molecular formula is C10H19F3N2O. The van der Waals surface area contributed by atoms with Gasteiger partial charge in [0.1, 0.15) is 0 Å². The molecule has 0 aliphatic carbocycles. The minimum absolute atomic E-state index is 0.0592. The van der Waals surface area contributed by atoms with E-state index in [0.717, 1.165) is 19.5 Å². The van der Waals surface area contributed by atoms with Gasteiger partial charge in [-0.15, -0.1) is 0 Å². The molecule has 0 spiro atoms. The molecule has 0 aromatic carbocycles. The maximum Gasteiger partial charge on any atom is 0.390 e. The van der Waals surface area contributed by atoms with Crippen LogP contribution in [0.3, 0.4) is 0 Å². The van der Waals surface area contributed by atoms with Crippen LogP contribution >= 0.6 is 0 Å². The second-order valence-corrected chi connectivity index (χ2v) is 4.15. The van der Waals surface area contributed by atoms with Crippen molar-refractivity contribution in [3.8, 4) is 0 Å². The van der Waals surface area contributed by atoms with Crippen molar-refractivity contribution in [2.75, 3.05) is 39.8 Å². The molecule has 1 aliphatic rings. The van der Waals surface area contributed by atoms with Gasteiger partial charge in [0.15, 0.2) is 0 Å². The van der Waals surface area contributed by atoms with Crippen LogP contribution in [0, 0.1) is 0 Å². The Morgan fingerprint density at radius 1 is 1.38 bits per heavy atom. The van der Waals surface area contributed by atoms with E-state index in [1.165, 1.54) is 0 Å². The van der Waals surface area contributed by atoms with Gasteiger partial charge in [0.2, 0.25) is 0 Å². The SMILES string of the molecule is CN(CCC1CNCCO1)CCC(F)(F)F. The number of nitrogens with zero attached hydrogens (tertiary/aromatic N) is 1. The molecule has 0 radical (unpaired) electrons. The molecule has 1 rings (SSSR count). The van der Waals surface area contributed by atoms with Gasteiger partial charge in [0.25, 0.3) is 0 Å². The average molecular weight is 240 g/mol. The summed E-state index contributed by atoms with van der Waals surface area (Å²) in [6.07, 6.45) is -3.88. The first kappa shape index (κ1) is 13.7. The molecule has 96 valence electrons. The largest absolute Gasteiger partial charge is 0.390 e. The molecule has 6 heteroatoms. The molecule has 1 atom stereocenters. The standard InChI is InChI=1S/C10H19F3N2O/c1-15(6-3-10(11,12)13)5-2-9-8-14-4-7-16-9/h9,14H,2-8H2,1H3. The van der Waals surface area contributed by atoms with Gasteiger partial charge in [-0.1, -0.05) is 0 Å². The monoisotopic (exact) mass is 240 g/mol. The molecule has 0 saturated carbocycles. The van der Waals surface area contributed by atoms with E-state index in [1.807, 2.05) is 0 Å². The molecule has 3 nitrogen and oxygen atoms in total. The van der Waals surface area contributed by atoms with Gasteiger partial charge in [-0.2, -0.15) is 13.2 Å². The summed E-state index contributed by atoms with van der Waals surface area (Å²) in [5.74, 6) is 0. The van der Waals surface area contributed by atoms with Crippen molar-refractivity contribution < 1.29 is 17.9 Å². The Morgan fingerprint density at radius 3 is 2.69 bits per heavy atom. The Morgan fingerprint density at radius 2 is 2.12 bits per heavy atom. The minimum atomic E-state index is -4.06. The summed E-state index contributed by atoms with van der Waals surface area (Å²) in [6, 6.07) is 0. The van der Waals surface area contributed by atoms with E-state index in [1.54, 1.807) is 11.9 Å². The van der Waals surface area contributed by atoms with Gasteiger partial charge in [-0.05, 0) is 13.5 Å². The number of ether oxygens (including phenoxy) is 1. The number of hydrogen-bond donors (Lipinski definition) is 1. The Balaban J connectivity index is 2.07. The first-order chi connectivity index (χ1) is 7.47. The number of morpholine rings is 1. The molecule has 1 heterocycles. The third-order valence-electron chi connectivity index (χ3n) is 2.61. The van der Waals surface area contributed by atoms with Crippen molar-refractivity contribution in [2.45, 2.75) is 25.1 Å². The highest BCUT2D eigenvalue weighted by Gasteiger charge is 2.27. The lowest BCUT2D eigenvalue weighted by atomic mass is 10.2. The van der Waals surface area contributed by atoms with Crippen LogP contribution in [-0.4, -0.2) is 57.0 Å².